The molecule has 2 aromatic carbocycles. The number of fused-ring (bicyclic) bond motifs is 4. The second-order valence-electron chi connectivity index (χ2n) is 12.4. The summed E-state index contributed by atoms with van der Waals surface area (Å²) in [6.07, 6.45) is 3.20. The number of hydrogen-bond donors (Lipinski definition) is 4. The lowest BCUT2D eigenvalue weighted by Crippen LogP contribution is -2.62. The monoisotopic (exact) mass is 641 g/mol. The van der Waals surface area contributed by atoms with E-state index >= 15 is 0 Å². The molecule has 5 rings (SSSR count). The Labute approximate surface area is 272 Å². The van der Waals surface area contributed by atoms with E-state index in [9.17, 15) is 24.0 Å². The van der Waals surface area contributed by atoms with E-state index in [4.69, 9.17) is 15.5 Å². The molecule has 1 unspecified atom stereocenters. The molecule has 1 aromatic heterocycles. The lowest BCUT2D eigenvalue weighted by molar-refractivity contribution is -0.162. The summed E-state index contributed by atoms with van der Waals surface area (Å²) in [7, 11) is 1.69. The van der Waals surface area contributed by atoms with Gasteiger partial charge >= 0.3 is 5.97 Å². The average Bonchev–Trinajstić information content (AvgIpc) is 3.06. The van der Waals surface area contributed by atoms with Gasteiger partial charge in [-0.1, -0.05) is 36.4 Å². The smallest absolute Gasteiger partial charge is 0.316 e. The van der Waals surface area contributed by atoms with Crippen molar-refractivity contribution in [2.75, 3.05) is 18.6 Å². The fourth-order valence-electron chi connectivity index (χ4n) is 5.31. The molecule has 2 aliphatic heterocycles. The van der Waals surface area contributed by atoms with Gasteiger partial charge in [-0.15, -0.1) is 0 Å². The number of esters is 1. The van der Waals surface area contributed by atoms with Gasteiger partial charge in [-0.2, -0.15) is 0 Å². The van der Waals surface area contributed by atoms with E-state index < -0.39 is 47.3 Å². The third kappa shape index (κ3) is 7.75. The van der Waals surface area contributed by atoms with Crippen LogP contribution < -0.4 is 26.9 Å². The Hall–Kier alpha value is -5.30. The molecule has 3 atom stereocenters. The van der Waals surface area contributed by atoms with Crippen LogP contribution in [0.15, 0.2) is 60.7 Å². The van der Waals surface area contributed by atoms with Crippen molar-refractivity contribution in [2.45, 2.75) is 58.2 Å². The molecule has 5 bridgehead atoms. The molecule has 0 aliphatic carbocycles. The lowest BCUT2D eigenvalue weighted by Gasteiger charge is -2.35. The third-order valence-corrected chi connectivity index (χ3v) is 8.24. The number of carbonyl (C=O) groups excluding carboxylic acids is 5. The van der Waals surface area contributed by atoms with Crippen molar-refractivity contribution in [3.05, 3.63) is 77.4 Å². The number of primary amides is 1. The van der Waals surface area contributed by atoms with Crippen molar-refractivity contribution < 1.29 is 28.7 Å². The average molecular weight is 642 g/mol. The highest BCUT2D eigenvalue weighted by Gasteiger charge is 2.35. The maximum Gasteiger partial charge on any atom is 0.316 e. The van der Waals surface area contributed by atoms with Gasteiger partial charge < -0.3 is 15.8 Å². The van der Waals surface area contributed by atoms with Gasteiger partial charge in [0.25, 0.3) is 17.7 Å². The normalized spacial score (nSPS) is 23.1. The SMILES string of the molecule is C[C@@H]1NC(=O)C(Cc2ccc(C(N)=O)cc2)OC(=O)C(C)(C)/C=C/c2ccc3ccc(nc3c2)N(C)NC(=O)[C@@H]2CCCN(N2)C1=O. The molecule has 5 N–H and O–H groups in total. The first-order valence-corrected chi connectivity index (χ1v) is 15.4. The van der Waals surface area contributed by atoms with Gasteiger partial charge in [0.2, 0.25) is 5.91 Å². The third-order valence-electron chi connectivity index (χ3n) is 8.24. The molecule has 4 amide bonds. The standard InChI is InChI=1S/C34H39N7O6/c1-20-32(45)41-17-5-6-25(38-41)30(43)39-40(4)28-14-13-23-10-7-22(18-26(23)37-28)15-16-34(2,3)33(46)47-27(31(44)36-20)19-21-8-11-24(12-9-21)29(35)42/h7-16,18,20,25,27,38H,5-6,17,19H2,1-4H3,(H2,35,42)(H,36,44)(H,39,43)/b16-15+/t20-,25-,27?/m0/s1. The highest BCUT2D eigenvalue weighted by Crippen LogP contribution is 2.25. The van der Waals surface area contributed by atoms with Gasteiger partial charge in [-0.25, -0.2) is 10.4 Å². The summed E-state index contributed by atoms with van der Waals surface area (Å²) in [6, 6.07) is 14.0. The van der Waals surface area contributed by atoms with Crippen LogP contribution in [0.25, 0.3) is 17.0 Å². The number of nitrogens with two attached hydrogens (primary N) is 1. The fraction of sp³-hybridized carbons (Fsp3) is 0.353. The minimum Gasteiger partial charge on any atom is -0.451 e. The van der Waals surface area contributed by atoms with Crippen molar-refractivity contribution >= 4 is 52.4 Å². The van der Waals surface area contributed by atoms with Gasteiger partial charge in [0.1, 0.15) is 17.9 Å². The van der Waals surface area contributed by atoms with Crippen LogP contribution in [0.2, 0.25) is 0 Å². The molecule has 246 valence electrons. The zero-order valence-corrected chi connectivity index (χ0v) is 26.8. The van der Waals surface area contributed by atoms with Crippen molar-refractivity contribution in [3.63, 3.8) is 0 Å². The summed E-state index contributed by atoms with van der Waals surface area (Å²) in [5.41, 5.74) is 12.4. The fourth-order valence-corrected chi connectivity index (χ4v) is 5.31. The van der Waals surface area contributed by atoms with Crippen molar-refractivity contribution in [3.8, 4) is 0 Å². The molecule has 13 heteroatoms. The predicted octanol–water partition coefficient (Wildman–Crippen LogP) is 2.01. The zero-order valence-electron chi connectivity index (χ0n) is 26.8. The molecule has 0 radical (unpaired) electrons. The van der Waals surface area contributed by atoms with Gasteiger partial charge in [0.05, 0.1) is 10.9 Å². The molecular weight excluding hydrogens is 602 g/mol. The number of benzene rings is 2. The van der Waals surface area contributed by atoms with Gasteiger partial charge in [-0.05, 0) is 75.1 Å². The molecule has 2 aliphatic rings. The van der Waals surface area contributed by atoms with E-state index in [0.717, 1.165) is 10.9 Å². The topological polar surface area (TPSA) is 176 Å². The summed E-state index contributed by atoms with van der Waals surface area (Å²) < 4.78 is 5.82. The number of aromatic nitrogens is 1. The Morgan fingerprint density at radius 2 is 1.77 bits per heavy atom. The van der Waals surface area contributed by atoms with Crippen molar-refractivity contribution in [2.24, 2.45) is 11.1 Å². The second-order valence-corrected chi connectivity index (χ2v) is 12.4. The van der Waals surface area contributed by atoms with Crippen LogP contribution in [0.1, 0.15) is 55.1 Å². The maximum absolute atomic E-state index is 13.6. The number of amides is 4. The Bertz CT molecular complexity index is 1740. The largest absolute Gasteiger partial charge is 0.451 e. The number of rotatable bonds is 3. The van der Waals surface area contributed by atoms with Crippen LogP contribution in [0.4, 0.5) is 5.82 Å². The predicted molar refractivity (Wildman–Crippen MR) is 175 cm³/mol. The molecule has 0 spiro atoms. The van der Waals surface area contributed by atoms with Crippen LogP contribution in [0, 0.1) is 5.41 Å². The van der Waals surface area contributed by atoms with Gasteiger partial charge in [0.15, 0.2) is 6.10 Å². The van der Waals surface area contributed by atoms with E-state index in [1.807, 2.05) is 24.3 Å². The van der Waals surface area contributed by atoms with Crippen LogP contribution in [-0.4, -0.2) is 71.4 Å². The second kappa shape index (κ2) is 13.6. The molecular formula is C34H39N7O6. The number of pyridine rings is 1. The Morgan fingerprint density at radius 1 is 1.04 bits per heavy atom. The van der Waals surface area contributed by atoms with Crippen molar-refractivity contribution in [1.82, 2.24) is 26.2 Å². The highest BCUT2D eigenvalue weighted by atomic mass is 16.5. The number of hydrazine groups is 2. The minimum atomic E-state index is -1.30. The number of nitrogens with one attached hydrogen (secondary N) is 3. The van der Waals surface area contributed by atoms with Gasteiger partial charge in [0, 0.05) is 31.0 Å². The first-order chi connectivity index (χ1) is 22.3. The number of hydrogen-bond acceptors (Lipinski definition) is 9. The van der Waals surface area contributed by atoms with Crippen LogP contribution >= 0.6 is 0 Å². The first kappa shape index (κ1) is 33.1. The summed E-state index contributed by atoms with van der Waals surface area (Å²) in [6.45, 7) is 5.21. The summed E-state index contributed by atoms with van der Waals surface area (Å²) >= 11 is 0. The van der Waals surface area contributed by atoms with E-state index in [0.29, 0.717) is 41.8 Å². The van der Waals surface area contributed by atoms with Crippen LogP contribution in [0.3, 0.4) is 0 Å². The van der Waals surface area contributed by atoms with Crippen LogP contribution in [0.5, 0.6) is 0 Å². The number of nitrogens with zero attached hydrogens (tertiary/aromatic N) is 3. The molecule has 1 fully saturated rings. The van der Waals surface area contributed by atoms with E-state index in [1.165, 1.54) is 29.1 Å². The Kier molecular flexibility index (Phi) is 9.56. The summed E-state index contributed by atoms with van der Waals surface area (Å²) in [4.78, 5) is 70.1. The van der Waals surface area contributed by atoms with Crippen LogP contribution in [-0.2, 0) is 30.3 Å². The molecule has 3 aromatic rings. The van der Waals surface area contributed by atoms with E-state index in [-0.39, 0.29) is 12.3 Å². The Balaban J connectivity index is 1.49. The summed E-state index contributed by atoms with van der Waals surface area (Å²) in [5, 5.41) is 6.42. The van der Waals surface area contributed by atoms with E-state index in [1.54, 1.807) is 51.2 Å². The minimum absolute atomic E-state index is 0.0201. The van der Waals surface area contributed by atoms with E-state index in [2.05, 4.69) is 16.2 Å². The number of carbonyl (C=O) groups is 5. The molecule has 47 heavy (non-hydrogen) atoms. The molecule has 3 heterocycles. The molecule has 13 nitrogen and oxygen atoms in total. The molecule has 0 saturated carbocycles. The van der Waals surface area contributed by atoms with Gasteiger partial charge in [-0.3, -0.25) is 39.4 Å². The van der Waals surface area contributed by atoms with Crippen molar-refractivity contribution in [1.29, 1.82) is 0 Å². The molecule has 1 saturated heterocycles. The lowest BCUT2D eigenvalue weighted by atomic mass is 9.92. The number of cyclic esters (lactones) is 1. The zero-order chi connectivity index (χ0) is 33.9. The number of anilines is 1. The first-order valence-electron chi connectivity index (χ1n) is 15.4. The quantitative estimate of drug-likeness (QED) is 0.312. The Morgan fingerprint density at radius 3 is 2.49 bits per heavy atom. The summed E-state index contributed by atoms with van der Waals surface area (Å²) in [5.74, 6) is -2.21. The maximum atomic E-state index is 13.6. The highest BCUT2D eigenvalue weighted by molar-refractivity contribution is 5.93. The number of ether oxygens (including phenoxy) is 1.